The van der Waals surface area contributed by atoms with Gasteiger partial charge in [-0.25, -0.2) is 4.57 Å². The molecule has 330 valence electrons. The minimum atomic E-state index is -4.28. The van der Waals surface area contributed by atoms with Gasteiger partial charge in [0.2, 0.25) is 0 Å². The van der Waals surface area contributed by atoms with E-state index in [1.54, 1.807) is 6.92 Å². The van der Waals surface area contributed by atoms with Crippen LogP contribution in [0.25, 0.3) is 0 Å². The van der Waals surface area contributed by atoms with Crippen LogP contribution in [0.15, 0.2) is 24.3 Å². The van der Waals surface area contributed by atoms with Crippen molar-refractivity contribution in [2.75, 3.05) is 19.8 Å². The van der Waals surface area contributed by atoms with Crippen molar-refractivity contribution < 1.29 is 37.6 Å². The number of carbonyl (C=O) groups excluding carboxylic acids is 2. The van der Waals surface area contributed by atoms with E-state index < -0.39 is 26.5 Å². The van der Waals surface area contributed by atoms with E-state index in [0.29, 0.717) is 12.8 Å². The molecule has 0 aliphatic carbocycles. The molecule has 0 aliphatic rings. The number of unbranched alkanes of at least 4 members (excludes halogenated alkanes) is 28. The molecule has 0 aromatic heterocycles. The maximum absolute atomic E-state index is 12.5. The lowest BCUT2D eigenvalue weighted by atomic mass is 10.0. The molecule has 0 fully saturated rings. The molecule has 9 heteroatoms. The van der Waals surface area contributed by atoms with Crippen LogP contribution in [0.1, 0.15) is 239 Å². The standard InChI is InChI=1S/C47H89O8P/c1-4-7-9-11-13-15-17-19-20-21-22-23-24-25-26-27-28-30-31-33-35-37-39-41-46(48)52-43-45(44-54-56(50,51)53-6-3)55-47(49)42-40-38-36-34-32-29-18-16-14-12-10-8-5-2/h10,12,16,18,45H,4-9,11,13-15,17,19-44H2,1-3H3,(H,50,51)/b12-10-,18-16-. The maximum atomic E-state index is 12.5. The highest BCUT2D eigenvalue weighted by Gasteiger charge is 2.25. The molecule has 0 aromatic rings. The average Bonchev–Trinajstić information content (AvgIpc) is 3.18. The van der Waals surface area contributed by atoms with Crippen LogP contribution < -0.4 is 0 Å². The molecule has 2 unspecified atom stereocenters. The molecule has 0 bridgehead atoms. The lowest BCUT2D eigenvalue weighted by molar-refractivity contribution is -0.161. The lowest BCUT2D eigenvalue weighted by Crippen LogP contribution is -2.29. The summed E-state index contributed by atoms with van der Waals surface area (Å²) in [5.74, 6) is -0.804. The molecule has 0 radical (unpaired) electrons. The topological polar surface area (TPSA) is 108 Å². The normalized spacial score (nSPS) is 13.4. The zero-order valence-electron chi connectivity index (χ0n) is 36.8. The molecule has 0 amide bonds. The molecular weight excluding hydrogens is 723 g/mol. The van der Waals surface area contributed by atoms with Gasteiger partial charge in [0.1, 0.15) is 6.61 Å². The molecule has 0 saturated carbocycles. The first-order chi connectivity index (χ1) is 27.3. The van der Waals surface area contributed by atoms with Crippen molar-refractivity contribution >= 4 is 19.8 Å². The van der Waals surface area contributed by atoms with Gasteiger partial charge in [-0.2, -0.15) is 0 Å². The maximum Gasteiger partial charge on any atom is 0.472 e. The predicted molar refractivity (Wildman–Crippen MR) is 235 cm³/mol. The molecular formula is C47H89O8P. The van der Waals surface area contributed by atoms with Gasteiger partial charge in [0.15, 0.2) is 6.10 Å². The van der Waals surface area contributed by atoms with Gasteiger partial charge in [0.25, 0.3) is 0 Å². The van der Waals surface area contributed by atoms with Crippen LogP contribution in [0, 0.1) is 0 Å². The predicted octanol–water partition coefficient (Wildman–Crippen LogP) is 15.0. The molecule has 0 saturated heterocycles. The fraction of sp³-hybridized carbons (Fsp3) is 0.872. The van der Waals surface area contributed by atoms with Gasteiger partial charge < -0.3 is 14.4 Å². The van der Waals surface area contributed by atoms with Gasteiger partial charge in [-0.3, -0.25) is 18.6 Å². The van der Waals surface area contributed by atoms with Crippen molar-refractivity contribution in [1.82, 2.24) is 0 Å². The molecule has 0 aliphatic heterocycles. The van der Waals surface area contributed by atoms with E-state index in [-0.39, 0.29) is 25.6 Å². The van der Waals surface area contributed by atoms with E-state index in [4.69, 9.17) is 18.5 Å². The smallest absolute Gasteiger partial charge is 0.462 e. The highest BCUT2D eigenvalue weighted by Crippen LogP contribution is 2.43. The summed E-state index contributed by atoms with van der Waals surface area (Å²) in [6.45, 7) is 5.43. The summed E-state index contributed by atoms with van der Waals surface area (Å²) in [7, 11) is -4.28. The Morgan fingerprint density at radius 2 is 0.893 bits per heavy atom. The van der Waals surface area contributed by atoms with Gasteiger partial charge >= 0.3 is 19.8 Å². The Bertz CT molecular complexity index is 968. The Labute approximate surface area is 345 Å². The summed E-state index contributed by atoms with van der Waals surface area (Å²) in [5, 5.41) is 0. The fourth-order valence-electron chi connectivity index (χ4n) is 6.79. The van der Waals surface area contributed by atoms with Gasteiger partial charge in [-0.05, 0) is 45.4 Å². The molecule has 0 rings (SSSR count). The van der Waals surface area contributed by atoms with Gasteiger partial charge in [0.05, 0.1) is 13.2 Å². The van der Waals surface area contributed by atoms with Crippen LogP contribution >= 0.6 is 7.82 Å². The molecule has 0 heterocycles. The molecule has 56 heavy (non-hydrogen) atoms. The van der Waals surface area contributed by atoms with E-state index in [9.17, 15) is 19.0 Å². The van der Waals surface area contributed by atoms with Crippen LogP contribution in [-0.2, 0) is 32.7 Å². The summed E-state index contributed by atoms with van der Waals surface area (Å²) < 4.78 is 32.7. The first-order valence-electron chi connectivity index (χ1n) is 23.6. The second-order valence-electron chi connectivity index (χ2n) is 15.8. The molecule has 2 atom stereocenters. The van der Waals surface area contributed by atoms with E-state index in [0.717, 1.165) is 64.2 Å². The van der Waals surface area contributed by atoms with Crippen LogP contribution in [0.4, 0.5) is 0 Å². The number of hydrogen-bond acceptors (Lipinski definition) is 7. The van der Waals surface area contributed by atoms with Crippen molar-refractivity contribution in [3.05, 3.63) is 24.3 Å². The van der Waals surface area contributed by atoms with Crippen molar-refractivity contribution in [3.8, 4) is 0 Å². The van der Waals surface area contributed by atoms with E-state index in [1.807, 2.05) is 0 Å². The summed E-state index contributed by atoms with van der Waals surface area (Å²) in [6, 6.07) is 0. The van der Waals surface area contributed by atoms with Crippen LogP contribution in [0.5, 0.6) is 0 Å². The van der Waals surface area contributed by atoms with Crippen molar-refractivity contribution in [3.63, 3.8) is 0 Å². The quantitative estimate of drug-likeness (QED) is 0.0280. The van der Waals surface area contributed by atoms with Crippen molar-refractivity contribution in [2.24, 2.45) is 0 Å². The zero-order valence-corrected chi connectivity index (χ0v) is 37.7. The summed E-state index contributed by atoms with van der Waals surface area (Å²) >= 11 is 0. The van der Waals surface area contributed by atoms with Crippen LogP contribution in [0.2, 0.25) is 0 Å². The Hall–Kier alpha value is -1.47. The zero-order chi connectivity index (χ0) is 41.1. The minimum absolute atomic E-state index is 0.000535. The highest BCUT2D eigenvalue weighted by molar-refractivity contribution is 7.47. The van der Waals surface area contributed by atoms with Crippen molar-refractivity contribution in [1.29, 1.82) is 0 Å². The number of allylic oxidation sites excluding steroid dienone is 4. The SMILES string of the molecule is CCC/C=C\C/C=C\CCCCCCCC(=O)OC(COC(=O)CCCCCCCCCCCCCCCCCCCCCCCCC)COP(=O)(O)OCC. The summed E-state index contributed by atoms with van der Waals surface area (Å²) in [5.41, 5.74) is 0. The largest absolute Gasteiger partial charge is 0.472 e. The number of ether oxygens (including phenoxy) is 2. The van der Waals surface area contributed by atoms with Gasteiger partial charge in [-0.1, -0.05) is 205 Å². The highest BCUT2D eigenvalue weighted by atomic mass is 31.2. The summed E-state index contributed by atoms with van der Waals surface area (Å²) in [4.78, 5) is 34.8. The second-order valence-corrected chi connectivity index (χ2v) is 17.2. The number of hydrogen-bond donors (Lipinski definition) is 1. The van der Waals surface area contributed by atoms with Gasteiger partial charge in [0, 0.05) is 12.8 Å². The summed E-state index contributed by atoms with van der Waals surface area (Å²) in [6.07, 6.45) is 48.2. The first-order valence-corrected chi connectivity index (χ1v) is 25.1. The number of rotatable bonds is 44. The number of carbonyl (C=O) groups is 2. The van der Waals surface area contributed by atoms with Crippen LogP contribution in [0.3, 0.4) is 0 Å². The number of esters is 2. The average molecular weight is 813 g/mol. The van der Waals surface area contributed by atoms with E-state index in [1.165, 1.54) is 135 Å². The molecule has 0 aromatic carbocycles. The Morgan fingerprint density at radius 1 is 0.482 bits per heavy atom. The Morgan fingerprint density at radius 3 is 1.34 bits per heavy atom. The first kappa shape index (κ1) is 54.5. The third-order valence-electron chi connectivity index (χ3n) is 10.2. The molecule has 8 nitrogen and oxygen atoms in total. The number of phosphoric ester groups is 1. The Kier molecular flexibility index (Phi) is 42.0. The third kappa shape index (κ3) is 42.1. The molecule has 0 spiro atoms. The Balaban J connectivity index is 3.93. The lowest BCUT2D eigenvalue weighted by Gasteiger charge is -2.19. The van der Waals surface area contributed by atoms with Gasteiger partial charge in [-0.15, -0.1) is 0 Å². The monoisotopic (exact) mass is 813 g/mol. The third-order valence-corrected chi connectivity index (χ3v) is 11.3. The van der Waals surface area contributed by atoms with E-state index >= 15 is 0 Å². The van der Waals surface area contributed by atoms with E-state index in [2.05, 4.69) is 38.2 Å². The van der Waals surface area contributed by atoms with Crippen molar-refractivity contribution in [2.45, 2.75) is 245 Å². The number of phosphoric acid groups is 1. The minimum Gasteiger partial charge on any atom is -0.462 e. The fourth-order valence-corrected chi connectivity index (χ4v) is 7.54. The van der Waals surface area contributed by atoms with Crippen LogP contribution in [-0.4, -0.2) is 42.8 Å². The molecule has 1 N–H and O–H groups in total. The second kappa shape index (κ2) is 43.1.